The van der Waals surface area contributed by atoms with Crippen molar-refractivity contribution >= 4 is 5.69 Å². The molecule has 1 aromatic carbocycles. The molecule has 7 heteroatoms. The molecule has 0 bridgehead atoms. The van der Waals surface area contributed by atoms with Crippen LogP contribution in [0.1, 0.15) is 18.2 Å². The zero-order valence-electron chi connectivity index (χ0n) is 11.4. The van der Waals surface area contributed by atoms with Gasteiger partial charge in [0.1, 0.15) is 11.4 Å². The molecule has 0 saturated carbocycles. The minimum Gasteiger partial charge on any atom is -0.434 e. The topological polar surface area (TPSA) is 96.2 Å². The van der Waals surface area contributed by atoms with E-state index in [9.17, 15) is 10.1 Å². The van der Waals surface area contributed by atoms with Crippen LogP contribution in [0.15, 0.2) is 24.3 Å². The van der Waals surface area contributed by atoms with Crippen LogP contribution < -0.4 is 10.5 Å². The van der Waals surface area contributed by atoms with E-state index in [-0.39, 0.29) is 11.6 Å². The van der Waals surface area contributed by atoms with Gasteiger partial charge >= 0.3 is 5.69 Å². The van der Waals surface area contributed by atoms with E-state index in [1.165, 1.54) is 4.68 Å². The molecule has 2 N–H and O–H groups in total. The zero-order chi connectivity index (χ0) is 14.7. The van der Waals surface area contributed by atoms with Crippen LogP contribution >= 0.6 is 0 Å². The molecule has 0 fully saturated rings. The van der Waals surface area contributed by atoms with Crippen molar-refractivity contribution in [1.82, 2.24) is 9.78 Å². The van der Waals surface area contributed by atoms with E-state index in [2.05, 4.69) is 5.10 Å². The van der Waals surface area contributed by atoms with Crippen LogP contribution in [0.4, 0.5) is 5.69 Å². The molecule has 0 amide bonds. The van der Waals surface area contributed by atoms with Gasteiger partial charge in [-0.3, -0.25) is 10.1 Å². The molecule has 20 heavy (non-hydrogen) atoms. The third-order valence-electron chi connectivity index (χ3n) is 2.88. The number of aryl methyl sites for hydroxylation is 2. The van der Waals surface area contributed by atoms with E-state index in [0.717, 1.165) is 5.56 Å². The Balaban J connectivity index is 2.43. The van der Waals surface area contributed by atoms with E-state index in [0.29, 0.717) is 24.5 Å². The fourth-order valence-electron chi connectivity index (χ4n) is 1.92. The summed E-state index contributed by atoms with van der Waals surface area (Å²) in [6.45, 7) is 4.30. The molecule has 0 aliphatic rings. The highest BCUT2D eigenvalue weighted by molar-refractivity contribution is 5.48. The highest BCUT2D eigenvalue weighted by Gasteiger charge is 2.27. The number of ether oxygens (including phenoxy) is 1. The summed E-state index contributed by atoms with van der Waals surface area (Å²) in [6, 6.07) is 7.14. The van der Waals surface area contributed by atoms with Gasteiger partial charge in [0.15, 0.2) is 0 Å². The lowest BCUT2D eigenvalue weighted by Gasteiger charge is -2.07. The first-order chi connectivity index (χ1) is 9.56. The summed E-state index contributed by atoms with van der Waals surface area (Å²) in [5.41, 5.74) is 6.69. The molecule has 0 unspecified atom stereocenters. The summed E-state index contributed by atoms with van der Waals surface area (Å²) in [4.78, 5) is 10.7. The van der Waals surface area contributed by atoms with Crippen molar-refractivity contribution in [1.29, 1.82) is 0 Å². The average molecular weight is 276 g/mol. The molecule has 0 radical (unpaired) electrons. The summed E-state index contributed by atoms with van der Waals surface area (Å²) in [5.74, 6) is 0.648. The Morgan fingerprint density at radius 2 is 2.25 bits per heavy atom. The minimum absolute atomic E-state index is 0.106. The normalized spacial score (nSPS) is 10.6. The van der Waals surface area contributed by atoms with Crippen molar-refractivity contribution in [2.24, 2.45) is 5.73 Å². The highest BCUT2D eigenvalue weighted by Crippen LogP contribution is 2.34. The van der Waals surface area contributed by atoms with Crippen molar-refractivity contribution < 1.29 is 9.66 Å². The molecule has 1 aromatic heterocycles. The molecule has 2 rings (SSSR count). The van der Waals surface area contributed by atoms with Crippen molar-refractivity contribution in [3.63, 3.8) is 0 Å². The monoisotopic (exact) mass is 276 g/mol. The van der Waals surface area contributed by atoms with Gasteiger partial charge in [0.2, 0.25) is 0 Å². The Kier molecular flexibility index (Phi) is 3.99. The third-order valence-corrected chi connectivity index (χ3v) is 2.88. The second-order valence-electron chi connectivity index (χ2n) is 4.27. The Labute approximate surface area is 116 Å². The quantitative estimate of drug-likeness (QED) is 0.668. The van der Waals surface area contributed by atoms with Gasteiger partial charge in [0.25, 0.3) is 5.88 Å². The number of nitrogens with zero attached hydrogens (tertiary/aromatic N) is 3. The van der Waals surface area contributed by atoms with Crippen LogP contribution in [-0.4, -0.2) is 14.7 Å². The fourth-order valence-corrected chi connectivity index (χ4v) is 1.92. The van der Waals surface area contributed by atoms with Crippen LogP contribution in [0, 0.1) is 17.0 Å². The SMILES string of the molecule is CCn1nc(C)c([N+](=O)[O-])c1Oc1cccc(CN)c1. The zero-order valence-corrected chi connectivity index (χ0v) is 11.4. The lowest BCUT2D eigenvalue weighted by atomic mass is 10.2. The Hall–Kier alpha value is -2.41. The Bertz CT molecular complexity index is 637. The van der Waals surface area contributed by atoms with Gasteiger partial charge in [0.05, 0.1) is 4.92 Å². The Morgan fingerprint density at radius 1 is 1.50 bits per heavy atom. The van der Waals surface area contributed by atoms with Crippen LogP contribution in [-0.2, 0) is 13.1 Å². The number of hydrogen-bond donors (Lipinski definition) is 1. The average Bonchev–Trinajstić information content (AvgIpc) is 2.75. The van der Waals surface area contributed by atoms with Gasteiger partial charge in [-0.05, 0) is 31.5 Å². The van der Waals surface area contributed by atoms with Crippen LogP contribution in [0.2, 0.25) is 0 Å². The highest BCUT2D eigenvalue weighted by atomic mass is 16.6. The van der Waals surface area contributed by atoms with Crippen LogP contribution in [0.5, 0.6) is 11.6 Å². The standard InChI is InChI=1S/C13H16N4O3/c1-3-16-13(12(17(18)19)9(2)15-16)20-11-6-4-5-10(7-11)8-14/h4-7H,3,8,14H2,1-2H3. The number of rotatable bonds is 5. The second kappa shape index (κ2) is 5.70. The molecule has 0 spiro atoms. The number of benzene rings is 1. The summed E-state index contributed by atoms with van der Waals surface area (Å²) in [6.07, 6.45) is 0. The molecule has 7 nitrogen and oxygen atoms in total. The van der Waals surface area contributed by atoms with Crippen LogP contribution in [0.3, 0.4) is 0 Å². The number of nitrogens with two attached hydrogens (primary N) is 1. The number of aromatic nitrogens is 2. The fraction of sp³-hybridized carbons (Fsp3) is 0.308. The first kappa shape index (κ1) is 14.0. The predicted molar refractivity (Wildman–Crippen MR) is 73.7 cm³/mol. The summed E-state index contributed by atoms with van der Waals surface area (Å²) in [5, 5.41) is 15.3. The van der Waals surface area contributed by atoms with Gasteiger partial charge in [0, 0.05) is 13.1 Å². The van der Waals surface area contributed by atoms with E-state index >= 15 is 0 Å². The lowest BCUT2D eigenvalue weighted by Crippen LogP contribution is -2.02. The molecule has 0 atom stereocenters. The lowest BCUT2D eigenvalue weighted by molar-refractivity contribution is -0.386. The molecule has 106 valence electrons. The molecule has 1 heterocycles. The largest absolute Gasteiger partial charge is 0.434 e. The van der Waals surface area contributed by atoms with E-state index < -0.39 is 4.92 Å². The first-order valence-electron chi connectivity index (χ1n) is 6.25. The van der Waals surface area contributed by atoms with Gasteiger partial charge < -0.3 is 10.5 Å². The van der Waals surface area contributed by atoms with Crippen molar-refractivity contribution in [2.45, 2.75) is 26.9 Å². The van der Waals surface area contributed by atoms with Gasteiger partial charge in [-0.1, -0.05) is 12.1 Å². The van der Waals surface area contributed by atoms with Crippen molar-refractivity contribution in [2.75, 3.05) is 0 Å². The van der Waals surface area contributed by atoms with Gasteiger partial charge in [-0.25, -0.2) is 4.68 Å². The molecular weight excluding hydrogens is 260 g/mol. The number of nitro groups is 1. The van der Waals surface area contributed by atoms with E-state index in [4.69, 9.17) is 10.5 Å². The maximum Gasteiger partial charge on any atom is 0.353 e. The Morgan fingerprint density at radius 3 is 2.85 bits per heavy atom. The van der Waals surface area contributed by atoms with Gasteiger partial charge in [-0.2, -0.15) is 5.10 Å². The maximum absolute atomic E-state index is 11.1. The van der Waals surface area contributed by atoms with E-state index in [1.807, 2.05) is 13.0 Å². The maximum atomic E-state index is 11.1. The van der Waals surface area contributed by atoms with Crippen molar-refractivity contribution in [3.8, 4) is 11.6 Å². The molecular formula is C13H16N4O3. The molecule has 0 saturated heterocycles. The first-order valence-corrected chi connectivity index (χ1v) is 6.25. The minimum atomic E-state index is -0.476. The molecule has 0 aliphatic heterocycles. The number of hydrogen-bond acceptors (Lipinski definition) is 5. The summed E-state index contributed by atoms with van der Waals surface area (Å²) >= 11 is 0. The van der Waals surface area contributed by atoms with Gasteiger partial charge in [-0.15, -0.1) is 0 Å². The second-order valence-corrected chi connectivity index (χ2v) is 4.27. The smallest absolute Gasteiger partial charge is 0.353 e. The van der Waals surface area contributed by atoms with Crippen molar-refractivity contribution in [3.05, 3.63) is 45.6 Å². The molecule has 0 aliphatic carbocycles. The summed E-state index contributed by atoms with van der Waals surface area (Å²) in [7, 11) is 0. The third kappa shape index (κ3) is 2.62. The van der Waals surface area contributed by atoms with E-state index in [1.54, 1.807) is 25.1 Å². The molecule has 2 aromatic rings. The van der Waals surface area contributed by atoms with Crippen LogP contribution in [0.25, 0.3) is 0 Å². The predicted octanol–water partition coefficient (Wildman–Crippen LogP) is 2.37. The summed E-state index contributed by atoms with van der Waals surface area (Å²) < 4.78 is 7.13.